The van der Waals surface area contributed by atoms with Gasteiger partial charge in [-0.25, -0.2) is 0 Å². The number of rotatable bonds is 5. The molecule has 0 unspecified atom stereocenters. The second-order valence-corrected chi connectivity index (χ2v) is 6.04. The molecule has 1 aromatic rings. The number of carbonyl (C=O) groups excluding carboxylic acids is 1. The molecule has 0 aliphatic carbocycles. The fourth-order valence-corrected chi connectivity index (χ4v) is 2.86. The summed E-state index contributed by atoms with van der Waals surface area (Å²) in [4.78, 5) is 14.1. The van der Waals surface area contributed by atoms with Gasteiger partial charge < -0.3 is 9.80 Å². The summed E-state index contributed by atoms with van der Waals surface area (Å²) >= 11 is 0. The summed E-state index contributed by atoms with van der Waals surface area (Å²) < 4.78 is 36.8. The number of halogens is 3. The molecule has 0 saturated carbocycles. The van der Waals surface area contributed by atoms with Crippen molar-refractivity contribution >= 4 is 11.6 Å². The van der Waals surface area contributed by atoms with Crippen LogP contribution in [0.4, 0.5) is 18.9 Å². The van der Waals surface area contributed by atoms with Gasteiger partial charge in [0.05, 0.1) is 0 Å². The van der Waals surface area contributed by atoms with E-state index in [2.05, 4.69) is 17.0 Å². The molecule has 1 fully saturated rings. The molecule has 1 heterocycles. The Morgan fingerprint density at radius 3 is 2.30 bits per heavy atom. The summed E-state index contributed by atoms with van der Waals surface area (Å²) in [5, 5.41) is 0. The van der Waals surface area contributed by atoms with Gasteiger partial charge in [0.2, 0.25) is 0 Å². The minimum absolute atomic E-state index is 0.103. The van der Waals surface area contributed by atoms with Crippen LogP contribution >= 0.6 is 0 Å². The van der Waals surface area contributed by atoms with Crippen molar-refractivity contribution in [3.63, 3.8) is 0 Å². The molecule has 0 radical (unpaired) electrons. The van der Waals surface area contributed by atoms with Crippen molar-refractivity contribution in [2.75, 3.05) is 31.6 Å². The summed E-state index contributed by atoms with van der Waals surface area (Å²) in [6.07, 6.45) is 0.128. The number of hydrogen-bond acceptors (Lipinski definition) is 2. The molecule has 0 bridgehead atoms. The largest absolute Gasteiger partial charge is 0.471 e. The second-order valence-electron chi connectivity index (χ2n) is 6.04. The third kappa shape index (κ3) is 5.15. The molecule has 128 valence electrons. The normalized spacial score (nSPS) is 15.6. The number of alkyl halides is 3. The topological polar surface area (TPSA) is 23.6 Å². The lowest BCUT2D eigenvalue weighted by Crippen LogP contribution is -2.39. The quantitative estimate of drug-likeness (QED) is 0.824. The van der Waals surface area contributed by atoms with Gasteiger partial charge in [0, 0.05) is 32.4 Å². The lowest BCUT2D eigenvalue weighted by atomic mass is 10.1. The van der Waals surface area contributed by atoms with Crippen LogP contribution < -0.4 is 4.90 Å². The molecule has 0 N–H and O–H groups in total. The highest BCUT2D eigenvalue weighted by Gasteiger charge is 2.40. The summed E-state index contributed by atoms with van der Waals surface area (Å²) in [6, 6.07) is 8.20. The number of hydrogen-bond donors (Lipinski definition) is 0. The number of amides is 1. The van der Waals surface area contributed by atoms with Crippen LogP contribution in [0.2, 0.25) is 0 Å². The first kappa shape index (κ1) is 17.6. The van der Waals surface area contributed by atoms with E-state index in [0.29, 0.717) is 12.8 Å². The Morgan fingerprint density at radius 2 is 1.74 bits per heavy atom. The van der Waals surface area contributed by atoms with Gasteiger partial charge in [0.1, 0.15) is 0 Å². The van der Waals surface area contributed by atoms with E-state index in [1.54, 1.807) is 0 Å². The Morgan fingerprint density at radius 1 is 1.13 bits per heavy atom. The van der Waals surface area contributed by atoms with Gasteiger partial charge in [-0.2, -0.15) is 13.2 Å². The Bertz CT molecular complexity index is 508. The molecule has 1 aromatic carbocycles. The molecule has 6 heteroatoms. The average molecular weight is 328 g/mol. The first-order valence-electron chi connectivity index (χ1n) is 8.04. The van der Waals surface area contributed by atoms with E-state index in [9.17, 15) is 18.0 Å². The average Bonchev–Trinajstić information content (AvgIpc) is 2.54. The highest BCUT2D eigenvalue weighted by Crippen LogP contribution is 2.21. The van der Waals surface area contributed by atoms with Gasteiger partial charge in [-0.05, 0) is 49.8 Å². The van der Waals surface area contributed by atoms with Gasteiger partial charge in [-0.15, -0.1) is 0 Å². The third-order valence-corrected chi connectivity index (χ3v) is 4.21. The predicted molar refractivity (Wildman–Crippen MR) is 84.5 cm³/mol. The van der Waals surface area contributed by atoms with Gasteiger partial charge in [0.15, 0.2) is 0 Å². The van der Waals surface area contributed by atoms with Crippen molar-refractivity contribution in [1.29, 1.82) is 0 Å². The molecule has 0 atom stereocenters. The van der Waals surface area contributed by atoms with E-state index in [0.717, 1.165) is 23.6 Å². The number of nitrogens with zero attached hydrogens (tertiary/aromatic N) is 2. The van der Waals surface area contributed by atoms with Crippen molar-refractivity contribution in [2.45, 2.75) is 38.3 Å². The molecular formula is C17H23F3N2O. The third-order valence-electron chi connectivity index (χ3n) is 4.21. The minimum atomic E-state index is -4.79. The lowest BCUT2D eigenvalue weighted by molar-refractivity contribution is -0.184. The zero-order valence-electron chi connectivity index (χ0n) is 13.4. The minimum Gasteiger partial charge on any atom is -0.372 e. The Labute approximate surface area is 135 Å². The van der Waals surface area contributed by atoms with Crippen LogP contribution in [0.15, 0.2) is 24.3 Å². The molecule has 23 heavy (non-hydrogen) atoms. The van der Waals surface area contributed by atoms with Crippen molar-refractivity contribution in [3.05, 3.63) is 29.8 Å². The number of anilines is 1. The summed E-state index contributed by atoms with van der Waals surface area (Å²) in [6.45, 7) is 2.28. The van der Waals surface area contributed by atoms with Crippen LogP contribution in [0.1, 0.15) is 31.2 Å². The monoisotopic (exact) mass is 328 g/mol. The van der Waals surface area contributed by atoms with Crippen molar-refractivity contribution in [3.8, 4) is 0 Å². The SMILES string of the molecule is CN(CCCc1ccc(N2CCCCC2)cc1)C(=O)C(F)(F)F. The zero-order chi connectivity index (χ0) is 16.9. The molecule has 2 rings (SSSR count). The molecule has 1 amide bonds. The molecule has 0 aromatic heterocycles. The summed E-state index contributed by atoms with van der Waals surface area (Å²) in [5.41, 5.74) is 2.29. The number of piperidine rings is 1. The van der Waals surface area contributed by atoms with Crippen molar-refractivity contribution in [2.24, 2.45) is 0 Å². The highest BCUT2D eigenvalue weighted by molar-refractivity contribution is 5.81. The standard InChI is InChI=1S/C17H23F3N2O/c1-21(16(23)17(18,19)20)11-5-6-14-7-9-15(10-8-14)22-12-3-2-4-13-22/h7-10H,2-6,11-13H2,1H3. The summed E-state index contributed by atoms with van der Waals surface area (Å²) in [5.74, 6) is -1.78. The van der Waals surface area contributed by atoms with E-state index in [4.69, 9.17) is 0 Å². The van der Waals surface area contributed by atoms with Gasteiger partial charge in [-0.3, -0.25) is 4.79 Å². The molecule has 0 spiro atoms. The second kappa shape index (κ2) is 7.70. The predicted octanol–water partition coefficient (Wildman–Crippen LogP) is 3.63. The highest BCUT2D eigenvalue weighted by atomic mass is 19.4. The van der Waals surface area contributed by atoms with E-state index in [-0.39, 0.29) is 6.54 Å². The number of aryl methyl sites for hydroxylation is 1. The fourth-order valence-electron chi connectivity index (χ4n) is 2.86. The fraction of sp³-hybridized carbons (Fsp3) is 0.588. The zero-order valence-corrected chi connectivity index (χ0v) is 13.4. The molecule has 1 aliphatic heterocycles. The van der Waals surface area contributed by atoms with Gasteiger partial charge in [-0.1, -0.05) is 12.1 Å². The molecular weight excluding hydrogens is 305 g/mol. The van der Waals surface area contributed by atoms with Crippen LogP contribution in [0.3, 0.4) is 0 Å². The maximum absolute atomic E-state index is 12.3. The van der Waals surface area contributed by atoms with Crippen LogP contribution in [-0.2, 0) is 11.2 Å². The molecule has 1 saturated heterocycles. The smallest absolute Gasteiger partial charge is 0.372 e. The first-order valence-corrected chi connectivity index (χ1v) is 8.04. The Hall–Kier alpha value is -1.72. The van der Waals surface area contributed by atoms with Crippen LogP contribution in [0, 0.1) is 0 Å². The molecule has 3 nitrogen and oxygen atoms in total. The van der Waals surface area contributed by atoms with E-state index in [1.165, 1.54) is 32.0 Å². The van der Waals surface area contributed by atoms with Gasteiger partial charge in [0.25, 0.3) is 0 Å². The Balaban J connectivity index is 1.79. The van der Waals surface area contributed by atoms with Crippen molar-refractivity contribution < 1.29 is 18.0 Å². The Kier molecular flexibility index (Phi) is 5.91. The number of benzene rings is 1. The van der Waals surface area contributed by atoms with Crippen LogP contribution in [0.25, 0.3) is 0 Å². The van der Waals surface area contributed by atoms with E-state index in [1.807, 2.05) is 12.1 Å². The maximum Gasteiger partial charge on any atom is 0.471 e. The lowest BCUT2D eigenvalue weighted by Gasteiger charge is -2.28. The molecule has 1 aliphatic rings. The van der Waals surface area contributed by atoms with Crippen molar-refractivity contribution in [1.82, 2.24) is 4.90 Å². The van der Waals surface area contributed by atoms with Gasteiger partial charge >= 0.3 is 12.1 Å². The van der Waals surface area contributed by atoms with E-state index >= 15 is 0 Å². The van der Waals surface area contributed by atoms with Crippen LogP contribution in [0.5, 0.6) is 0 Å². The summed E-state index contributed by atoms with van der Waals surface area (Å²) in [7, 11) is 1.19. The first-order chi connectivity index (χ1) is 10.9. The maximum atomic E-state index is 12.3. The van der Waals surface area contributed by atoms with Crippen LogP contribution in [-0.4, -0.2) is 43.7 Å². The van der Waals surface area contributed by atoms with E-state index < -0.39 is 12.1 Å². The number of carbonyl (C=O) groups is 1.